The van der Waals surface area contributed by atoms with Gasteiger partial charge >= 0.3 is 6.18 Å². The van der Waals surface area contributed by atoms with Crippen LogP contribution < -0.4 is 5.32 Å². The molecule has 0 radical (unpaired) electrons. The molecule has 1 aromatic carbocycles. The number of hydrogen-bond acceptors (Lipinski definition) is 4. The van der Waals surface area contributed by atoms with Crippen molar-refractivity contribution in [2.24, 2.45) is 0 Å². The highest BCUT2D eigenvalue weighted by Crippen LogP contribution is 2.29. The van der Waals surface area contributed by atoms with Crippen molar-refractivity contribution in [1.82, 2.24) is 15.1 Å². The number of alkyl halides is 3. The molecule has 2 fully saturated rings. The van der Waals surface area contributed by atoms with Crippen LogP contribution in [-0.4, -0.2) is 73.6 Å². The summed E-state index contributed by atoms with van der Waals surface area (Å²) in [4.78, 5) is 28.0. The van der Waals surface area contributed by atoms with Crippen molar-refractivity contribution < 1.29 is 27.5 Å². The lowest BCUT2D eigenvalue weighted by molar-refractivity contribution is -0.138. The number of rotatable bonds is 2. The molecule has 2 heterocycles. The molecule has 0 spiro atoms. The molecule has 0 aromatic heterocycles. The van der Waals surface area contributed by atoms with Gasteiger partial charge in [-0.15, -0.1) is 0 Å². The van der Waals surface area contributed by atoms with Crippen molar-refractivity contribution in [2.75, 3.05) is 45.9 Å². The van der Waals surface area contributed by atoms with Gasteiger partial charge in [0.2, 0.25) is 5.91 Å². The van der Waals surface area contributed by atoms with Crippen LogP contribution in [0.3, 0.4) is 0 Å². The molecule has 0 bridgehead atoms. The van der Waals surface area contributed by atoms with Gasteiger partial charge in [-0.25, -0.2) is 0 Å². The summed E-state index contributed by atoms with van der Waals surface area (Å²) >= 11 is 0. The normalized spacial score (nSPS) is 21.6. The Hall–Kier alpha value is -2.13. The topological polar surface area (TPSA) is 61.9 Å². The zero-order valence-electron chi connectivity index (χ0n) is 14.1. The van der Waals surface area contributed by atoms with Crippen LogP contribution in [0.25, 0.3) is 0 Å². The average Bonchev–Trinajstić information content (AvgIpc) is 2.67. The Labute approximate surface area is 148 Å². The fourth-order valence-electron chi connectivity index (χ4n) is 3.09. The fraction of sp³-hybridized carbons (Fsp3) is 0.529. The molecular weight excluding hydrogens is 351 g/mol. The van der Waals surface area contributed by atoms with E-state index < -0.39 is 17.6 Å². The van der Waals surface area contributed by atoms with Gasteiger partial charge in [0.1, 0.15) is 6.04 Å². The van der Waals surface area contributed by atoms with Gasteiger partial charge in [0.15, 0.2) is 0 Å². The van der Waals surface area contributed by atoms with Crippen LogP contribution in [0.5, 0.6) is 0 Å². The number of nitrogens with one attached hydrogen (secondary N) is 1. The number of halogens is 3. The summed E-state index contributed by atoms with van der Waals surface area (Å²) in [7, 11) is 0. The Kier molecular flexibility index (Phi) is 5.47. The van der Waals surface area contributed by atoms with Crippen molar-refractivity contribution >= 4 is 11.8 Å². The largest absolute Gasteiger partial charge is 0.416 e. The van der Waals surface area contributed by atoms with Gasteiger partial charge in [-0.3, -0.25) is 9.59 Å². The average molecular weight is 371 g/mol. The molecule has 0 saturated carbocycles. The molecular formula is C17H20F3N3O3. The maximum Gasteiger partial charge on any atom is 0.416 e. The van der Waals surface area contributed by atoms with Gasteiger partial charge in [-0.05, 0) is 18.2 Å². The predicted octanol–water partition coefficient (Wildman–Crippen LogP) is 0.978. The number of piperazine rings is 1. The van der Waals surface area contributed by atoms with E-state index in [-0.39, 0.29) is 30.6 Å². The summed E-state index contributed by atoms with van der Waals surface area (Å²) in [6, 6.07) is 4.02. The van der Waals surface area contributed by atoms with Gasteiger partial charge < -0.3 is 19.9 Å². The Morgan fingerprint density at radius 1 is 1.12 bits per heavy atom. The first-order chi connectivity index (χ1) is 12.4. The van der Waals surface area contributed by atoms with E-state index >= 15 is 0 Å². The number of benzene rings is 1. The minimum absolute atomic E-state index is 0.00180. The third kappa shape index (κ3) is 4.16. The van der Waals surface area contributed by atoms with Gasteiger partial charge in [0.25, 0.3) is 5.91 Å². The quantitative estimate of drug-likeness (QED) is 0.842. The molecule has 1 unspecified atom stereocenters. The molecule has 1 aromatic rings. The summed E-state index contributed by atoms with van der Waals surface area (Å²) in [5, 5.41) is 3.09. The SMILES string of the molecule is O=C(c1cccc(C(F)(F)F)c1)N1CCN(C(=O)C2COCCN2)CC1. The molecule has 6 nitrogen and oxygen atoms in total. The summed E-state index contributed by atoms with van der Waals surface area (Å²) in [5.74, 6) is -0.529. The molecule has 2 aliphatic rings. The Bertz CT molecular complexity index is 667. The smallest absolute Gasteiger partial charge is 0.378 e. The first-order valence-electron chi connectivity index (χ1n) is 8.43. The molecule has 142 valence electrons. The van der Waals surface area contributed by atoms with Crippen molar-refractivity contribution in [3.05, 3.63) is 35.4 Å². The minimum atomic E-state index is -4.49. The van der Waals surface area contributed by atoms with Gasteiger partial charge in [-0.1, -0.05) is 6.07 Å². The van der Waals surface area contributed by atoms with Crippen LogP contribution in [0.4, 0.5) is 13.2 Å². The molecule has 2 saturated heterocycles. The highest BCUT2D eigenvalue weighted by Gasteiger charge is 2.33. The lowest BCUT2D eigenvalue weighted by Crippen LogP contribution is -2.57. The van der Waals surface area contributed by atoms with E-state index in [9.17, 15) is 22.8 Å². The standard InChI is InChI=1S/C17H20F3N3O3/c18-17(19,20)13-3-1-2-12(10-13)15(24)22-5-7-23(8-6-22)16(25)14-11-26-9-4-21-14/h1-3,10,14,21H,4-9,11H2. The first-order valence-corrected chi connectivity index (χ1v) is 8.43. The summed E-state index contributed by atoms with van der Waals surface area (Å²) < 4.78 is 43.7. The minimum Gasteiger partial charge on any atom is -0.378 e. The van der Waals surface area contributed by atoms with Crippen molar-refractivity contribution in [1.29, 1.82) is 0 Å². The highest BCUT2D eigenvalue weighted by molar-refractivity contribution is 5.94. The molecule has 1 atom stereocenters. The van der Waals surface area contributed by atoms with E-state index in [0.29, 0.717) is 32.8 Å². The molecule has 9 heteroatoms. The zero-order valence-corrected chi connectivity index (χ0v) is 14.1. The predicted molar refractivity (Wildman–Crippen MR) is 86.5 cm³/mol. The number of carbonyl (C=O) groups excluding carboxylic acids is 2. The number of nitrogens with zero attached hydrogens (tertiary/aromatic N) is 2. The second-order valence-electron chi connectivity index (χ2n) is 6.28. The molecule has 26 heavy (non-hydrogen) atoms. The Morgan fingerprint density at radius 3 is 2.42 bits per heavy atom. The number of carbonyl (C=O) groups is 2. The lowest BCUT2D eigenvalue weighted by atomic mass is 10.1. The van der Waals surface area contributed by atoms with Gasteiger partial charge in [-0.2, -0.15) is 13.2 Å². The van der Waals surface area contributed by atoms with E-state index in [1.54, 1.807) is 4.90 Å². The van der Waals surface area contributed by atoms with Gasteiger partial charge in [0.05, 0.1) is 18.8 Å². The van der Waals surface area contributed by atoms with Crippen molar-refractivity contribution in [3.63, 3.8) is 0 Å². The lowest BCUT2D eigenvalue weighted by Gasteiger charge is -2.37. The highest BCUT2D eigenvalue weighted by atomic mass is 19.4. The molecule has 1 N–H and O–H groups in total. The summed E-state index contributed by atoms with van der Waals surface area (Å²) in [6.45, 7) is 2.78. The fourth-order valence-corrected chi connectivity index (χ4v) is 3.09. The zero-order chi connectivity index (χ0) is 18.7. The second kappa shape index (κ2) is 7.63. The molecule has 2 aliphatic heterocycles. The van der Waals surface area contributed by atoms with E-state index in [1.165, 1.54) is 17.0 Å². The van der Waals surface area contributed by atoms with Crippen LogP contribution in [0.2, 0.25) is 0 Å². The Morgan fingerprint density at radius 2 is 1.81 bits per heavy atom. The number of ether oxygens (including phenoxy) is 1. The maximum absolute atomic E-state index is 12.8. The summed E-state index contributed by atoms with van der Waals surface area (Å²) in [6.07, 6.45) is -4.49. The van der Waals surface area contributed by atoms with E-state index in [4.69, 9.17) is 4.74 Å². The first kappa shape index (κ1) is 18.7. The molecule has 2 amide bonds. The summed E-state index contributed by atoms with van der Waals surface area (Å²) in [5.41, 5.74) is -0.845. The number of amides is 2. The van der Waals surface area contributed by atoms with Crippen LogP contribution >= 0.6 is 0 Å². The Balaban J connectivity index is 1.59. The van der Waals surface area contributed by atoms with E-state index in [2.05, 4.69) is 5.32 Å². The van der Waals surface area contributed by atoms with Crippen molar-refractivity contribution in [2.45, 2.75) is 12.2 Å². The number of morpholine rings is 1. The maximum atomic E-state index is 12.8. The van der Waals surface area contributed by atoms with Crippen LogP contribution in [0.1, 0.15) is 15.9 Å². The van der Waals surface area contributed by atoms with Gasteiger partial charge in [0, 0.05) is 38.3 Å². The third-order valence-corrected chi connectivity index (χ3v) is 4.54. The number of hydrogen-bond donors (Lipinski definition) is 1. The van der Waals surface area contributed by atoms with Crippen LogP contribution in [0, 0.1) is 0 Å². The van der Waals surface area contributed by atoms with Crippen LogP contribution in [-0.2, 0) is 15.7 Å². The third-order valence-electron chi connectivity index (χ3n) is 4.54. The molecule has 0 aliphatic carbocycles. The van der Waals surface area contributed by atoms with E-state index in [1.807, 2.05) is 0 Å². The monoisotopic (exact) mass is 371 g/mol. The van der Waals surface area contributed by atoms with Crippen LogP contribution in [0.15, 0.2) is 24.3 Å². The molecule has 3 rings (SSSR count). The van der Waals surface area contributed by atoms with Crippen molar-refractivity contribution in [3.8, 4) is 0 Å². The van der Waals surface area contributed by atoms with E-state index in [0.717, 1.165) is 12.1 Å². The second-order valence-corrected chi connectivity index (χ2v) is 6.28.